The molecule has 0 fully saturated rings. The zero-order valence-electron chi connectivity index (χ0n) is 10.8. The summed E-state index contributed by atoms with van der Waals surface area (Å²) in [6, 6.07) is 4.70. The Morgan fingerprint density at radius 3 is 2.76 bits per heavy atom. The van der Waals surface area contributed by atoms with Gasteiger partial charge >= 0.3 is 0 Å². The minimum Gasteiger partial charge on any atom is -0.366 e. The van der Waals surface area contributed by atoms with Crippen molar-refractivity contribution in [1.82, 2.24) is 9.55 Å². The van der Waals surface area contributed by atoms with E-state index >= 15 is 0 Å². The highest BCUT2D eigenvalue weighted by molar-refractivity contribution is 6.35. The van der Waals surface area contributed by atoms with Crippen molar-refractivity contribution in [2.45, 2.75) is 6.23 Å². The van der Waals surface area contributed by atoms with Crippen molar-refractivity contribution in [3.05, 3.63) is 68.7 Å². The predicted molar refractivity (Wildman–Crippen MR) is 75.2 cm³/mol. The number of hydrogen-bond acceptors (Lipinski definition) is 5. The number of imidazole rings is 1. The van der Waals surface area contributed by atoms with Gasteiger partial charge in [0, 0.05) is 35.1 Å². The molecule has 1 heterocycles. The Morgan fingerprint density at radius 2 is 2.24 bits per heavy atom. The highest BCUT2D eigenvalue weighted by atomic mass is 35.5. The van der Waals surface area contributed by atoms with Crippen molar-refractivity contribution in [2.24, 2.45) is 0 Å². The van der Waals surface area contributed by atoms with Crippen LogP contribution in [0.5, 0.6) is 0 Å². The molecule has 0 bridgehead atoms. The van der Waals surface area contributed by atoms with E-state index in [0.29, 0.717) is 10.6 Å². The van der Waals surface area contributed by atoms with Crippen molar-refractivity contribution < 1.29 is 14.7 Å². The molecule has 0 aliphatic carbocycles. The summed E-state index contributed by atoms with van der Waals surface area (Å²) in [7, 11) is 1.37. The van der Waals surface area contributed by atoms with Crippen LogP contribution in [0.1, 0.15) is 11.8 Å². The fourth-order valence-corrected chi connectivity index (χ4v) is 2.26. The van der Waals surface area contributed by atoms with E-state index in [9.17, 15) is 10.1 Å². The van der Waals surface area contributed by atoms with Crippen molar-refractivity contribution in [3.8, 4) is 0 Å². The zero-order valence-corrected chi connectivity index (χ0v) is 12.3. The van der Waals surface area contributed by atoms with Crippen LogP contribution in [0.2, 0.25) is 10.0 Å². The lowest BCUT2D eigenvalue weighted by Crippen LogP contribution is -2.25. The summed E-state index contributed by atoms with van der Waals surface area (Å²) in [4.78, 5) is 19.2. The molecule has 9 heteroatoms. The van der Waals surface area contributed by atoms with Gasteiger partial charge in [-0.15, -0.1) is 10.1 Å². The van der Waals surface area contributed by atoms with Gasteiger partial charge in [-0.25, -0.2) is 4.98 Å². The molecule has 21 heavy (non-hydrogen) atoms. The van der Waals surface area contributed by atoms with E-state index in [1.165, 1.54) is 36.5 Å². The Morgan fingerprint density at radius 1 is 1.48 bits per heavy atom. The molecule has 0 saturated heterocycles. The van der Waals surface area contributed by atoms with E-state index in [-0.39, 0.29) is 11.1 Å². The minimum atomic E-state index is -1.15. The fraction of sp³-hybridized carbons (Fsp3) is 0.167. The van der Waals surface area contributed by atoms with Crippen LogP contribution < -0.4 is 0 Å². The van der Waals surface area contributed by atoms with E-state index in [1.54, 1.807) is 12.1 Å². The van der Waals surface area contributed by atoms with E-state index < -0.39 is 11.3 Å². The second-order valence-electron chi connectivity index (χ2n) is 3.88. The summed E-state index contributed by atoms with van der Waals surface area (Å²) in [5, 5.41) is 10.5. The number of aromatic nitrogens is 2. The predicted octanol–water partition coefficient (Wildman–Crippen LogP) is 3.12. The van der Waals surface area contributed by atoms with E-state index in [2.05, 4.69) is 9.82 Å². The first-order valence-electron chi connectivity index (χ1n) is 5.67. The smallest absolute Gasteiger partial charge is 0.296 e. The first-order valence-corrected chi connectivity index (χ1v) is 6.43. The summed E-state index contributed by atoms with van der Waals surface area (Å²) in [5.74, 6) is 0. The highest BCUT2D eigenvalue weighted by Crippen LogP contribution is 2.35. The molecule has 0 aliphatic rings. The molecule has 1 aromatic carbocycles. The van der Waals surface area contributed by atoms with Gasteiger partial charge in [-0.05, 0) is 12.1 Å². The van der Waals surface area contributed by atoms with Crippen LogP contribution in [0.25, 0.3) is 0 Å². The van der Waals surface area contributed by atoms with Crippen LogP contribution in [-0.4, -0.2) is 21.7 Å². The second-order valence-corrected chi connectivity index (χ2v) is 4.73. The highest BCUT2D eigenvalue weighted by Gasteiger charge is 2.31. The molecule has 1 aromatic heterocycles. The van der Waals surface area contributed by atoms with Gasteiger partial charge in [0.2, 0.25) is 6.23 Å². The van der Waals surface area contributed by atoms with Crippen LogP contribution >= 0.6 is 23.2 Å². The average molecular weight is 331 g/mol. The third-order valence-electron chi connectivity index (χ3n) is 2.62. The molecule has 0 spiro atoms. The molecule has 0 N–H and O–H groups in total. The standard InChI is InChI=1S/C12H10Cl2N3O4/c1-20-11(9-3-2-8(13)6-10(9)14)12(21-17(18)19)16-5-4-15-7-16/h2-7,12H,1H3. The Bertz CT molecular complexity index is 621. The van der Waals surface area contributed by atoms with Gasteiger partial charge in [0.15, 0.2) is 6.10 Å². The molecule has 0 amide bonds. The normalized spacial score (nSPS) is 12.4. The molecule has 2 aromatic rings. The van der Waals surface area contributed by atoms with Gasteiger partial charge in [0.1, 0.15) is 0 Å². The molecular formula is C12H10Cl2N3O4. The number of halogens is 2. The van der Waals surface area contributed by atoms with Crippen LogP contribution in [0.4, 0.5) is 0 Å². The van der Waals surface area contributed by atoms with E-state index in [0.717, 1.165) is 0 Å². The molecule has 1 atom stereocenters. The van der Waals surface area contributed by atoms with Crippen molar-refractivity contribution in [2.75, 3.05) is 7.11 Å². The molecule has 7 nitrogen and oxygen atoms in total. The number of methoxy groups -OCH3 is 1. The summed E-state index contributed by atoms with van der Waals surface area (Å²) in [6.07, 6.45) is 3.36. The summed E-state index contributed by atoms with van der Waals surface area (Å²) in [6.45, 7) is 0. The van der Waals surface area contributed by atoms with Gasteiger partial charge in [-0.3, -0.25) is 4.84 Å². The molecular weight excluding hydrogens is 321 g/mol. The lowest BCUT2D eigenvalue weighted by molar-refractivity contribution is -0.775. The van der Waals surface area contributed by atoms with Crippen molar-refractivity contribution >= 4 is 23.2 Å². The van der Waals surface area contributed by atoms with Crippen molar-refractivity contribution in [1.29, 1.82) is 0 Å². The van der Waals surface area contributed by atoms with E-state index in [1.807, 2.05) is 0 Å². The summed E-state index contributed by atoms with van der Waals surface area (Å²) >= 11 is 11.9. The van der Waals surface area contributed by atoms with Crippen LogP contribution in [0.3, 0.4) is 0 Å². The fourth-order valence-electron chi connectivity index (χ4n) is 1.76. The third-order valence-corrected chi connectivity index (χ3v) is 3.17. The number of hydrogen-bond donors (Lipinski definition) is 0. The topological polar surface area (TPSA) is 79.4 Å². The Hall–Kier alpha value is -1.83. The Labute approximate surface area is 130 Å². The maximum atomic E-state index is 10.7. The molecule has 111 valence electrons. The zero-order chi connectivity index (χ0) is 15.4. The lowest BCUT2D eigenvalue weighted by Gasteiger charge is -2.24. The van der Waals surface area contributed by atoms with Gasteiger partial charge in [-0.1, -0.05) is 29.3 Å². The molecule has 1 radical (unpaired) electrons. The molecule has 0 saturated carbocycles. The summed E-state index contributed by atoms with van der Waals surface area (Å²) < 4.78 is 6.64. The number of benzene rings is 1. The lowest BCUT2D eigenvalue weighted by atomic mass is 10.1. The average Bonchev–Trinajstić information content (AvgIpc) is 2.94. The quantitative estimate of drug-likeness (QED) is 0.600. The van der Waals surface area contributed by atoms with Gasteiger partial charge in [-0.2, -0.15) is 0 Å². The minimum absolute atomic E-state index is 0.159. The van der Waals surface area contributed by atoms with Gasteiger partial charge in [0.25, 0.3) is 5.09 Å². The summed E-state index contributed by atoms with van der Waals surface area (Å²) in [5.41, 5.74) is 0.434. The molecule has 0 aliphatic heterocycles. The van der Waals surface area contributed by atoms with Gasteiger partial charge < -0.3 is 9.30 Å². The Balaban J connectivity index is 2.41. The second kappa shape index (κ2) is 6.75. The van der Waals surface area contributed by atoms with Crippen LogP contribution in [0, 0.1) is 16.2 Å². The molecule has 1 unspecified atom stereocenters. The number of rotatable bonds is 6. The van der Waals surface area contributed by atoms with Crippen molar-refractivity contribution in [3.63, 3.8) is 0 Å². The number of ether oxygens (including phenoxy) is 1. The van der Waals surface area contributed by atoms with E-state index in [4.69, 9.17) is 27.9 Å². The maximum absolute atomic E-state index is 10.7. The SMILES string of the molecule is CO[C](c1ccc(Cl)cc1Cl)C(O[N+](=O)[O-])n1ccnc1. The maximum Gasteiger partial charge on any atom is 0.296 e. The largest absolute Gasteiger partial charge is 0.366 e. The van der Waals surface area contributed by atoms with Gasteiger partial charge in [0.05, 0.1) is 6.33 Å². The first-order chi connectivity index (χ1) is 10.0. The first kappa shape index (κ1) is 15.6. The van der Waals surface area contributed by atoms with Crippen LogP contribution in [0.15, 0.2) is 36.9 Å². The Kier molecular flexibility index (Phi) is 5.00. The number of nitrogens with zero attached hydrogens (tertiary/aromatic N) is 3. The van der Waals surface area contributed by atoms with Crippen LogP contribution in [-0.2, 0) is 9.57 Å². The monoisotopic (exact) mass is 330 g/mol. The third kappa shape index (κ3) is 3.63. The molecule has 2 rings (SSSR count).